The summed E-state index contributed by atoms with van der Waals surface area (Å²) >= 11 is 6.54. The van der Waals surface area contributed by atoms with Crippen LogP contribution in [0.2, 0.25) is 5.02 Å². The fourth-order valence-electron chi connectivity index (χ4n) is 3.73. The van der Waals surface area contributed by atoms with Gasteiger partial charge in [0.15, 0.2) is 0 Å². The summed E-state index contributed by atoms with van der Waals surface area (Å²) in [6.45, 7) is 3.13. The summed E-state index contributed by atoms with van der Waals surface area (Å²) in [6.07, 6.45) is 2.16. The van der Waals surface area contributed by atoms with Gasteiger partial charge in [0.25, 0.3) is 0 Å². The van der Waals surface area contributed by atoms with Crippen LogP contribution < -0.4 is 0 Å². The number of aryl methyl sites for hydroxylation is 2. The Bertz CT molecular complexity index is 836. The van der Waals surface area contributed by atoms with Crippen LogP contribution in [0.4, 0.5) is 0 Å². The SMILES string of the molecule is CN1CCc2c(c3c(Cl)cccc3n2CCc2ccccc2)C1. The molecule has 2 heterocycles. The average molecular weight is 325 g/mol. The second-order valence-electron chi connectivity index (χ2n) is 6.43. The Hall–Kier alpha value is -1.77. The Labute approximate surface area is 142 Å². The van der Waals surface area contributed by atoms with Crippen LogP contribution in [-0.4, -0.2) is 23.1 Å². The third-order valence-electron chi connectivity index (χ3n) is 4.88. The Kier molecular flexibility index (Phi) is 3.88. The van der Waals surface area contributed by atoms with Crippen LogP contribution in [0.25, 0.3) is 10.9 Å². The van der Waals surface area contributed by atoms with Gasteiger partial charge in [0, 0.05) is 37.1 Å². The zero-order valence-corrected chi connectivity index (χ0v) is 14.2. The molecule has 0 amide bonds. The average Bonchev–Trinajstić information content (AvgIpc) is 2.88. The summed E-state index contributed by atoms with van der Waals surface area (Å²) in [5.74, 6) is 0. The third kappa shape index (κ3) is 2.66. The highest BCUT2D eigenvalue weighted by atomic mass is 35.5. The van der Waals surface area contributed by atoms with Gasteiger partial charge in [0.1, 0.15) is 0 Å². The van der Waals surface area contributed by atoms with Crippen molar-refractivity contribution in [2.45, 2.75) is 25.9 Å². The van der Waals surface area contributed by atoms with Crippen LogP contribution in [0.5, 0.6) is 0 Å². The van der Waals surface area contributed by atoms with Crippen molar-refractivity contribution in [2.24, 2.45) is 0 Å². The van der Waals surface area contributed by atoms with E-state index < -0.39 is 0 Å². The minimum atomic E-state index is 0.882. The second-order valence-corrected chi connectivity index (χ2v) is 6.84. The smallest absolute Gasteiger partial charge is 0.0503 e. The van der Waals surface area contributed by atoms with Gasteiger partial charge in [0.05, 0.1) is 10.5 Å². The van der Waals surface area contributed by atoms with Crippen LogP contribution in [0, 0.1) is 0 Å². The molecule has 118 valence electrons. The Morgan fingerprint density at radius 3 is 2.70 bits per heavy atom. The molecular weight excluding hydrogens is 304 g/mol. The molecule has 0 saturated heterocycles. The lowest BCUT2D eigenvalue weighted by Crippen LogP contribution is -2.27. The lowest BCUT2D eigenvalue weighted by Gasteiger charge is -2.24. The first kappa shape index (κ1) is 14.8. The maximum absolute atomic E-state index is 6.54. The lowest BCUT2D eigenvalue weighted by molar-refractivity contribution is 0.309. The third-order valence-corrected chi connectivity index (χ3v) is 5.20. The predicted molar refractivity (Wildman–Crippen MR) is 97.1 cm³/mol. The minimum Gasteiger partial charge on any atom is -0.344 e. The monoisotopic (exact) mass is 324 g/mol. The van der Waals surface area contributed by atoms with Crippen LogP contribution in [0.15, 0.2) is 48.5 Å². The molecule has 3 heteroatoms. The summed E-state index contributed by atoms with van der Waals surface area (Å²) in [5, 5.41) is 2.14. The molecule has 1 aliphatic rings. The first-order chi connectivity index (χ1) is 11.2. The molecule has 4 rings (SSSR count). The number of aromatic nitrogens is 1. The molecule has 0 radical (unpaired) electrons. The molecule has 0 spiro atoms. The van der Waals surface area contributed by atoms with Crippen molar-refractivity contribution in [1.82, 2.24) is 9.47 Å². The van der Waals surface area contributed by atoms with Gasteiger partial charge in [-0.05, 0) is 36.7 Å². The molecule has 0 saturated carbocycles. The molecule has 0 fully saturated rings. The van der Waals surface area contributed by atoms with E-state index in [0.29, 0.717) is 0 Å². The van der Waals surface area contributed by atoms with E-state index in [0.717, 1.165) is 37.5 Å². The highest BCUT2D eigenvalue weighted by molar-refractivity contribution is 6.35. The number of halogens is 1. The van der Waals surface area contributed by atoms with Crippen LogP contribution in [-0.2, 0) is 25.9 Å². The standard InChI is InChI=1S/C20H21ClN2/c1-22-12-11-18-16(14-22)20-17(21)8-5-9-19(20)23(18)13-10-15-6-3-2-4-7-15/h2-9H,10-14H2,1H3. The lowest BCUT2D eigenvalue weighted by atomic mass is 10.0. The predicted octanol–water partition coefficient (Wildman–Crippen LogP) is 4.53. The zero-order valence-electron chi connectivity index (χ0n) is 13.4. The molecule has 2 nitrogen and oxygen atoms in total. The maximum Gasteiger partial charge on any atom is 0.0503 e. The van der Waals surface area contributed by atoms with Crippen molar-refractivity contribution in [3.63, 3.8) is 0 Å². The zero-order chi connectivity index (χ0) is 15.8. The number of rotatable bonds is 3. The molecule has 2 aromatic carbocycles. The van der Waals surface area contributed by atoms with E-state index in [1.165, 1.54) is 27.7 Å². The fraction of sp³-hybridized carbons (Fsp3) is 0.300. The van der Waals surface area contributed by atoms with E-state index in [2.05, 4.69) is 59.0 Å². The van der Waals surface area contributed by atoms with Gasteiger partial charge in [-0.15, -0.1) is 0 Å². The first-order valence-corrected chi connectivity index (χ1v) is 8.63. The molecule has 1 aromatic heterocycles. The second kappa shape index (κ2) is 6.03. The molecule has 0 bridgehead atoms. The van der Waals surface area contributed by atoms with E-state index in [4.69, 9.17) is 11.6 Å². The van der Waals surface area contributed by atoms with E-state index >= 15 is 0 Å². The van der Waals surface area contributed by atoms with E-state index in [-0.39, 0.29) is 0 Å². The number of likely N-dealkylation sites (N-methyl/N-ethyl adjacent to an activating group) is 1. The summed E-state index contributed by atoms with van der Waals surface area (Å²) in [5.41, 5.74) is 5.57. The van der Waals surface area contributed by atoms with E-state index in [9.17, 15) is 0 Å². The fourth-order valence-corrected chi connectivity index (χ4v) is 4.02. The molecular formula is C20H21ClN2. The largest absolute Gasteiger partial charge is 0.344 e. The van der Waals surface area contributed by atoms with Gasteiger partial charge in [-0.3, -0.25) is 0 Å². The van der Waals surface area contributed by atoms with Gasteiger partial charge < -0.3 is 9.47 Å². The maximum atomic E-state index is 6.54. The molecule has 23 heavy (non-hydrogen) atoms. The van der Waals surface area contributed by atoms with Crippen molar-refractivity contribution >= 4 is 22.5 Å². The molecule has 0 unspecified atom stereocenters. The van der Waals surface area contributed by atoms with E-state index in [1.54, 1.807) is 0 Å². The van der Waals surface area contributed by atoms with Gasteiger partial charge >= 0.3 is 0 Å². The number of fused-ring (bicyclic) bond motifs is 3. The number of hydrogen-bond donors (Lipinski definition) is 0. The van der Waals surface area contributed by atoms with Crippen LogP contribution in [0.1, 0.15) is 16.8 Å². The van der Waals surface area contributed by atoms with Crippen molar-refractivity contribution in [3.8, 4) is 0 Å². The van der Waals surface area contributed by atoms with Crippen molar-refractivity contribution < 1.29 is 0 Å². The summed E-state index contributed by atoms with van der Waals surface area (Å²) in [6, 6.07) is 17.0. The van der Waals surface area contributed by atoms with Gasteiger partial charge in [0.2, 0.25) is 0 Å². The molecule has 0 N–H and O–H groups in total. The number of nitrogens with zero attached hydrogens (tertiary/aromatic N) is 2. The summed E-state index contributed by atoms with van der Waals surface area (Å²) in [7, 11) is 2.19. The topological polar surface area (TPSA) is 8.17 Å². The summed E-state index contributed by atoms with van der Waals surface area (Å²) < 4.78 is 2.50. The quantitative estimate of drug-likeness (QED) is 0.687. The Balaban J connectivity index is 1.78. The number of benzene rings is 2. The van der Waals surface area contributed by atoms with Gasteiger partial charge in [-0.25, -0.2) is 0 Å². The molecule has 0 atom stereocenters. The molecule has 0 aliphatic carbocycles. The highest BCUT2D eigenvalue weighted by Crippen LogP contribution is 2.35. The van der Waals surface area contributed by atoms with Crippen LogP contribution >= 0.6 is 11.6 Å². The van der Waals surface area contributed by atoms with Crippen molar-refractivity contribution in [3.05, 3.63) is 70.4 Å². The highest BCUT2D eigenvalue weighted by Gasteiger charge is 2.23. The van der Waals surface area contributed by atoms with Crippen molar-refractivity contribution in [2.75, 3.05) is 13.6 Å². The van der Waals surface area contributed by atoms with Gasteiger partial charge in [-0.1, -0.05) is 48.0 Å². The Morgan fingerprint density at radius 2 is 1.87 bits per heavy atom. The summed E-state index contributed by atoms with van der Waals surface area (Å²) in [4.78, 5) is 2.38. The molecule has 3 aromatic rings. The first-order valence-electron chi connectivity index (χ1n) is 8.25. The van der Waals surface area contributed by atoms with Gasteiger partial charge in [-0.2, -0.15) is 0 Å². The normalized spacial score (nSPS) is 15.0. The van der Waals surface area contributed by atoms with Crippen molar-refractivity contribution in [1.29, 1.82) is 0 Å². The number of hydrogen-bond acceptors (Lipinski definition) is 1. The van der Waals surface area contributed by atoms with Crippen LogP contribution in [0.3, 0.4) is 0 Å². The van der Waals surface area contributed by atoms with E-state index in [1.807, 2.05) is 6.07 Å². The minimum absolute atomic E-state index is 0.882. The Morgan fingerprint density at radius 1 is 1.04 bits per heavy atom. The molecule has 1 aliphatic heterocycles.